The predicted molar refractivity (Wildman–Crippen MR) is 71.3 cm³/mol. The monoisotopic (exact) mass is 245 g/mol. The molecule has 1 unspecified atom stereocenters. The van der Waals surface area contributed by atoms with Crippen LogP contribution < -0.4 is 5.32 Å². The zero-order valence-corrected chi connectivity index (χ0v) is 10.4. The first-order valence-corrected chi connectivity index (χ1v) is 5.88. The molecule has 0 saturated heterocycles. The van der Waals surface area contributed by atoms with Crippen LogP contribution in [0.25, 0.3) is 0 Å². The minimum Gasteiger partial charge on any atom is -0.508 e. The van der Waals surface area contributed by atoms with Crippen LogP contribution in [-0.2, 0) is 0 Å². The van der Waals surface area contributed by atoms with Crippen molar-refractivity contribution in [1.29, 1.82) is 0 Å². The van der Waals surface area contributed by atoms with Crippen molar-refractivity contribution >= 4 is 5.69 Å². The standard InChI is InChI=1S/C15H16FNO/c1-10-6-7-13(16)9-15(10)17-11(2)12-4-3-5-14(18)8-12/h3-9,11,17-18H,1-2H3. The summed E-state index contributed by atoms with van der Waals surface area (Å²) >= 11 is 0. The fourth-order valence-electron chi connectivity index (χ4n) is 1.86. The van der Waals surface area contributed by atoms with E-state index in [0.717, 1.165) is 16.8 Å². The second-order valence-electron chi connectivity index (χ2n) is 4.42. The van der Waals surface area contributed by atoms with Crippen molar-refractivity contribution in [3.63, 3.8) is 0 Å². The van der Waals surface area contributed by atoms with Crippen molar-refractivity contribution in [2.24, 2.45) is 0 Å². The fraction of sp³-hybridized carbons (Fsp3) is 0.200. The highest BCUT2D eigenvalue weighted by atomic mass is 19.1. The molecule has 0 aromatic heterocycles. The van der Waals surface area contributed by atoms with Crippen LogP contribution in [0.3, 0.4) is 0 Å². The Morgan fingerprint density at radius 2 is 1.94 bits per heavy atom. The molecule has 2 aromatic rings. The number of phenols is 1. The Kier molecular flexibility index (Phi) is 3.51. The number of hydrogen-bond donors (Lipinski definition) is 2. The first kappa shape index (κ1) is 12.4. The third-order valence-corrected chi connectivity index (χ3v) is 2.94. The number of hydrogen-bond acceptors (Lipinski definition) is 2. The van der Waals surface area contributed by atoms with E-state index in [4.69, 9.17) is 0 Å². The molecular weight excluding hydrogens is 229 g/mol. The topological polar surface area (TPSA) is 32.3 Å². The summed E-state index contributed by atoms with van der Waals surface area (Å²) in [6, 6.07) is 11.7. The number of anilines is 1. The molecule has 2 N–H and O–H groups in total. The lowest BCUT2D eigenvalue weighted by Crippen LogP contribution is -2.07. The van der Waals surface area contributed by atoms with Crippen LogP contribution in [0, 0.1) is 12.7 Å². The largest absolute Gasteiger partial charge is 0.508 e. The third-order valence-electron chi connectivity index (χ3n) is 2.94. The van der Waals surface area contributed by atoms with Crippen LogP contribution in [0.1, 0.15) is 24.1 Å². The molecular formula is C15H16FNO. The molecule has 0 radical (unpaired) electrons. The summed E-state index contributed by atoms with van der Waals surface area (Å²) in [5.74, 6) is -0.0247. The summed E-state index contributed by atoms with van der Waals surface area (Å²) in [5, 5.41) is 12.7. The molecule has 0 saturated carbocycles. The van der Waals surface area contributed by atoms with Crippen LogP contribution >= 0.6 is 0 Å². The van der Waals surface area contributed by atoms with E-state index in [0.29, 0.717) is 0 Å². The number of phenolic OH excluding ortho intramolecular Hbond substituents is 1. The molecule has 1 atom stereocenters. The summed E-state index contributed by atoms with van der Waals surface area (Å²) in [5.41, 5.74) is 2.72. The Hall–Kier alpha value is -2.03. The highest BCUT2D eigenvalue weighted by Gasteiger charge is 2.08. The summed E-state index contributed by atoms with van der Waals surface area (Å²) in [6.07, 6.45) is 0. The molecule has 2 aromatic carbocycles. The zero-order chi connectivity index (χ0) is 13.1. The second kappa shape index (κ2) is 5.08. The molecule has 0 fully saturated rings. The maximum absolute atomic E-state index is 13.2. The van der Waals surface area contributed by atoms with Gasteiger partial charge < -0.3 is 10.4 Å². The molecule has 0 aliphatic carbocycles. The average Bonchev–Trinajstić information content (AvgIpc) is 2.34. The third kappa shape index (κ3) is 2.80. The van der Waals surface area contributed by atoms with Gasteiger partial charge in [-0.1, -0.05) is 18.2 Å². The van der Waals surface area contributed by atoms with Crippen molar-refractivity contribution in [3.05, 3.63) is 59.4 Å². The van der Waals surface area contributed by atoms with E-state index in [1.165, 1.54) is 12.1 Å². The van der Waals surface area contributed by atoms with Crippen molar-refractivity contribution in [2.75, 3.05) is 5.32 Å². The number of nitrogens with one attached hydrogen (secondary N) is 1. The van der Waals surface area contributed by atoms with Gasteiger partial charge in [-0.05, 0) is 49.2 Å². The summed E-state index contributed by atoms with van der Waals surface area (Å²) in [6.45, 7) is 3.90. The van der Waals surface area contributed by atoms with Gasteiger partial charge in [-0.2, -0.15) is 0 Å². The fourth-order valence-corrected chi connectivity index (χ4v) is 1.86. The lowest BCUT2D eigenvalue weighted by molar-refractivity contribution is 0.474. The van der Waals surface area contributed by atoms with E-state index in [1.54, 1.807) is 24.3 Å². The Bertz CT molecular complexity index is 554. The first-order chi connectivity index (χ1) is 8.56. The van der Waals surface area contributed by atoms with E-state index in [-0.39, 0.29) is 17.6 Å². The molecule has 3 heteroatoms. The van der Waals surface area contributed by atoms with Gasteiger partial charge in [0, 0.05) is 11.7 Å². The summed E-state index contributed by atoms with van der Waals surface area (Å²) in [7, 11) is 0. The molecule has 2 nitrogen and oxygen atoms in total. The van der Waals surface area contributed by atoms with Gasteiger partial charge in [-0.3, -0.25) is 0 Å². The molecule has 0 heterocycles. The number of aromatic hydroxyl groups is 1. The average molecular weight is 245 g/mol. The summed E-state index contributed by atoms with van der Waals surface area (Å²) < 4.78 is 13.2. The van der Waals surface area contributed by atoms with E-state index in [2.05, 4.69) is 5.32 Å². The maximum atomic E-state index is 13.2. The first-order valence-electron chi connectivity index (χ1n) is 5.88. The van der Waals surface area contributed by atoms with E-state index < -0.39 is 0 Å². The Balaban J connectivity index is 2.21. The normalized spacial score (nSPS) is 12.2. The zero-order valence-electron chi connectivity index (χ0n) is 10.4. The molecule has 0 bridgehead atoms. The number of aryl methyl sites for hydroxylation is 1. The van der Waals surface area contributed by atoms with Crippen molar-refractivity contribution < 1.29 is 9.50 Å². The molecule has 0 spiro atoms. The molecule has 0 amide bonds. The van der Waals surface area contributed by atoms with E-state index in [1.807, 2.05) is 19.9 Å². The Morgan fingerprint density at radius 3 is 2.67 bits per heavy atom. The summed E-state index contributed by atoms with van der Waals surface area (Å²) in [4.78, 5) is 0. The van der Waals surface area contributed by atoms with Crippen molar-refractivity contribution in [1.82, 2.24) is 0 Å². The van der Waals surface area contributed by atoms with E-state index >= 15 is 0 Å². The van der Waals surface area contributed by atoms with Gasteiger partial charge in [-0.15, -0.1) is 0 Å². The smallest absolute Gasteiger partial charge is 0.125 e. The van der Waals surface area contributed by atoms with Gasteiger partial charge in [0.15, 0.2) is 0 Å². The van der Waals surface area contributed by atoms with Crippen molar-refractivity contribution in [2.45, 2.75) is 19.9 Å². The number of benzene rings is 2. The van der Waals surface area contributed by atoms with Crippen LogP contribution in [-0.4, -0.2) is 5.11 Å². The molecule has 2 rings (SSSR count). The molecule has 0 aliphatic heterocycles. The lowest BCUT2D eigenvalue weighted by atomic mass is 10.1. The molecule has 18 heavy (non-hydrogen) atoms. The highest BCUT2D eigenvalue weighted by molar-refractivity contribution is 5.52. The maximum Gasteiger partial charge on any atom is 0.125 e. The minimum atomic E-state index is -0.258. The van der Waals surface area contributed by atoms with Crippen LogP contribution in [0.2, 0.25) is 0 Å². The minimum absolute atomic E-state index is 0.00222. The van der Waals surface area contributed by atoms with Crippen LogP contribution in [0.5, 0.6) is 5.75 Å². The Labute approximate surface area is 106 Å². The van der Waals surface area contributed by atoms with Gasteiger partial charge >= 0.3 is 0 Å². The molecule has 94 valence electrons. The predicted octanol–water partition coefficient (Wildman–Crippen LogP) is 4.01. The van der Waals surface area contributed by atoms with Gasteiger partial charge in [0.05, 0.1) is 0 Å². The van der Waals surface area contributed by atoms with Crippen LogP contribution in [0.15, 0.2) is 42.5 Å². The number of rotatable bonds is 3. The quantitative estimate of drug-likeness (QED) is 0.856. The van der Waals surface area contributed by atoms with Gasteiger partial charge in [0.2, 0.25) is 0 Å². The van der Waals surface area contributed by atoms with E-state index in [9.17, 15) is 9.50 Å². The lowest BCUT2D eigenvalue weighted by Gasteiger charge is -2.17. The SMILES string of the molecule is Cc1ccc(F)cc1NC(C)c1cccc(O)c1. The van der Waals surface area contributed by atoms with Crippen molar-refractivity contribution in [3.8, 4) is 5.75 Å². The number of halogens is 1. The van der Waals surface area contributed by atoms with Gasteiger partial charge in [-0.25, -0.2) is 4.39 Å². The highest BCUT2D eigenvalue weighted by Crippen LogP contribution is 2.24. The molecule has 0 aliphatic rings. The van der Waals surface area contributed by atoms with Crippen LogP contribution in [0.4, 0.5) is 10.1 Å². The van der Waals surface area contributed by atoms with Gasteiger partial charge in [0.25, 0.3) is 0 Å². The Morgan fingerprint density at radius 1 is 1.17 bits per heavy atom. The van der Waals surface area contributed by atoms with Gasteiger partial charge in [0.1, 0.15) is 11.6 Å². The second-order valence-corrected chi connectivity index (χ2v) is 4.42.